The standard InChI is InChI=1S/C17H20N2O2/c1-14-3-6-17(21-14)13-19(2)11-12-20-16-7-4-15(5-8-16)9-10-18/h3-8H,9,11-13H2,1-2H3. The van der Waals surface area contributed by atoms with E-state index >= 15 is 0 Å². The summed E-state index contributed by atoms with van der Waals surface area (Å²) in [4.78, 5) is 2.16. The van der Waals surface area contributed by atoms with Crippen molar-refractivity contribution < 1.29 is 9.15 Å². The summed E-state index contributed by atoms with van der Waals surface area (Å²) in [5, 5.41) is 8.62. The fourth-order valence-electron chi connectivity index (χ4n) is 2.03. The van der Waals surface area contributed by atoms with Crippen molar-refractivity contribution >= 4 is 0 Å². The van der Waals surface area contributed by atoms with Crippen molar-refractivity contribution in [1.29, 1.82) is 5.26 Å². The van der Waals surface area contributed by atoms with Gasteiger partial charge in [-0.15, -0.1) is 0 Å². The van der Waals surface area contributed by atoms with Crippen molar-refractivity contribution in [3.05, 3.63) is 53.5 Å². The van der Waals surface area contributed by atoms with E-state index in [0.717, 1.165) is 35.9 Å². The van der Waals surface area contributed by atoms with Crippen LogP contribution in [0.5, 0.6) is 5.75 Å². The molecular formula is C17H20N2O2. The highest BCUT2D eigenvalue weighted by atomic mass is 16.5. The predicted molar refractivity (Wildman–Crippen MR) is 81.0 cm³/mol. The molecule has 2 aromatic rings. The number of rotatable bonds is 7. The SMILES string of the molecule is Cc1ccc(CN(C)CCOc2ccc(CC#N)cc2)o1. The Hall–Kier alpha value is -2.25. The second-order valence-electron chi connectivity index (χ2n) is 5.08. The molecule has 0 amide bonds. The van der Waals surface area contributed by atoms with Crippen LogP contribution in [0.3, 0.4) is 0 Å². The number of likely N-dealkylation sites (N-methyl/N-ethyl adjacent to an activating group) is 1. The first kappa shape index (κ1) is 15.1. The number of hydrogen-bond acceptors (Lipinski definition) is 4. The topological polar surface area (TPSA) is 49.4 Å². The molecule has 2 rings (SSSR count). The largest absolute Gasteiger partial charge is 0.492 e. The zero-order chi connectivity index (χ0) is 15.1. The molecule has 0 N–H and O–H groups in total. The molecule has 0 spiro atoms. The molecule has 0 saturated carbocycles. The molecule has 0 atom stereocenters. The molecule has 0 aliphatic rings. The minimum absolute atomic E-state index is 0.436. The number of benzene rings is 1. The Morgan fingerprint density at radius 1 is 1.19 bits per heavy atom. The van der Waals surface area contributed by atoms with Gasteiger partial charge in [-0.3, -0.25) is 4.90 Å². The van der Waals surface area contributed by atoms with Gasteiger partial charge in [0.15, 0.2) is 0 Å². The maximum atomic E-state index is 8.62. The van der Waals surface area contributed by atoms with Crippen LogP contribution >= 0.6 is 0 Å². The number of hydrogen-bond donors (Lipinski definition) is 0. The summed E-state index contributed by atoms with van der Waals surface area (Å²) in [7, 11) is 2.04. The van der Waals surface area contributed by atoms with Crippen molar-refractivity contribution in [2.75, 3.05) is 20.2 Å². The van der Waals surface area contributed by atoms with Crippen LogP contribution in [0.15, 0.2) is 40.8 Å². The minimum atomic E-state index is 0.436. The average molecular weight is 284 g/mol. The van der Waals surface area contributed by atoms with Crippen molar-refractivity contribution in [2.45, 2.75) is 19.9 Å². The van der Waals surface area contributed by atoms with E-state index in [0.29, 0.717) is 13.0 Å². The Labute approximate surface area is 125 Å². The van der Waals surface area contributed by atoms with E-state index in [4.69, 9.17) is 14.4 Å². The normalized spacial score (nSPS) is 10.6. The van der Waals surface area contributed by atoms with Crippen LogP contribution in [0.1, 0.15) is 17.1 Å². The first-order valence-corrected chi connectivity index (χ1v) is 7.00. The van der Waals surface area contributed by atoms with E-state index in [9.17, 15) is 0 Å². The smallest absolute Gasteiger partial charge is 0.119 e. The number of nitriles is 1. The minimum Gasteiger partial charge on any atom is -0.492 e. The molecule has 1 aromatic carbocycles. The fraction of sp³-hybridized carbons (Fsp3) is 0.353. The van der Waals surface area contributed by atoms with Gasteiger partial charge in [-0.25, -0.2) is 0 Å². The van der Waals surface area contributed by atoms with Gasteiger partial charge in [0.05, 0.1) is 19.0 Å². The molecule has 110 valence electrons. The zero-order valence-electron chi connectivity index (χ0n) is 12.5. The maximum absolute atomic E-state index is 8.62. The van der Waals surface area contributed by atoms with E-state index in [1.165, 1.54) is 0 Å². The Morgan fingerprint density at radius 3 is 2.57 bits per heavy atom. The Kier molecular flexibility index (Phi) is 5.42. The lowest BCUT2D eigenvalue weighted by Gasteiger charge is -2.15. The van der Waals surface area contributed by atoms with Gasteiger partial charge in [-0.1, -0.05) is 12.1 Å². The van der Waals surface area contributed by atoms with Crippen molar-refractivity contribution in [3.63, 3.8) is 0 Å². The third-order valence-electron chi connectivity index (χ3n) is 3.17. The Morgan fingerprint density at radius 2 is 1.95 bits per heavy atom. The van der Waals surface area contributed by atoms with Crippen molar-refractivity contribution in [1.82, 2.24) is 4.90 Å². The first-order chi connectivity index (χ1) is 10.2. The molecular weight excluding hydrogens is 264 g/mol. The van der Waals surface area contributed by atoms with Crippen LogP contribution in [0.2, 0.25) is 0 Å². The summed E-state index contributed by atoms with van der Waals surface area (Å²) < 4.78 is 11.2. The summed E-state index contributed by atoms with van der Waals surface area (Å²) in [6, 6.07) is 13.8. The number of ether oxygens (including phenoxy) is 1. The Bertz CT molecular complexity index is 596. The number of furan rings is 1. The van der Waals surface area contributed by atoms with Crippen LogP contribution in [-0.4, -0.2) is 25.1 Å². The predicted octanol–water partition coefficient (Wildman–Crippen LogP) is 3.16. The average Bonchev–Trinajstić information content (AvgIpc) is 2.86. The fourth-order valence-corrected chi connectivity index (χ4v) is 2.03. The molecule has 0 unspecified atom stereocenters. The lowest BCUT2D eigenvalue weighted by Crippen LogP contribution is -2.23. The summed E-state index contributed by atoms with van der Waals surface area (Å²) >= 11 is 0. The van der Waals surface area contributed by atoms with Crippen molar-refractivity contribution in [3.8, 4) is 11.8 Å². The molecule has 1 heterocycles. The lowest BCUT2D eigenvalue weighted by atomic mass is 10.2. The molecule has 0 aliphatic carbocycles. The first-order valence-electron chi connectivity index (χ1n) is 7.00. The molecule has 0 aliphatic heterocycles. The van der Waals surface area contributed by atoms with E-state index in [1.807, 2.05) is 50.4 Å². The van der Waals surface area contributed by atoms with Gasteiger partial charge in [-0.05, 0) is 43.8 Å². The van der Waals surface area contributed by atoms with E-state index in [2.05, 4.69) is 11.0 Å². The molecule has 4 heteroatoms. The number of aryl methyl sites for hydroxylation is 1. The summed E-state index contributed by atoms with van der Waals surface area (Å²) in [6.07, 6.45) is 0.436. The maximum Gasteiger partial charge on any atom is 0.119 e. The lowest BCUT2D eigenvalue weighted by molar-refractivity contribution is 0.221. The second-order valence-corrected chi connectivity index (χ2v) is 5.08. The van der Waals surface area contributed by atoms with E-state index in [-0.39, 0.29) is 0 Å². The molecule has 4 nitrogen and oxygen atoms in total. The Balaban J connectivity index is 1.72. The van der Waals surface area contributed by atoms with Gasteiger partial charge in [0.1, 0.15) is 23.9 Å². The monoisotopic (exact) mass is 284 g/mol. The molecule has 1 aromatic heterocycles. The third kappa shape index (κ3) is 4.97. The molecule has 21 heavy (non-hydrogen) atoms. The van der Waals surface area contributed by atoms with E-state index < -0.39 is 0 Å². The van der Waals surface area contributed by atoms with Gasteiger partial charge in [-0.2, -0.15) is 5.26 Å². The van der Waals surface area contributed by atoms with E-state index in [1.54, 1.807) is 0 Å². The molecule has 0 fully saturated rings. The van der Waals surface area contributed by atoms with Crippen LogP contribution < -0.4 is 4.74 Å². The van der Waals surface area contributed by atoms with Gasteiger partial charge in [0.25, 0.3) is 0 Å². The quantitative estimate of drug-likeness (QED) is 0.783. The molecule has 0 bridgehead atoms. The highest BCUT2D eigenvalue weighted by Crippen LogP contribution is 2.13. The summed E-state index contributed by atoms with van der Waals surface area (Å²) in [5.74, 6) is 2.74. The van der Waals surface area contributed by atoms with Gasteiger partial charge >= 0.3 is 0 Å². The van der Waals surface area contributed by atoms with Gasteiger partial charge in [0.2, 0.25) is 0 Å². The molecule has 0 radical (unpaired) electrons. The van der Waals surface area contributed by atoms with Crippen LogP contribution in [0, 0.1) is 18.3 Å². The van der Waals surface area contributed by atoms with Crippen LogP contribution in [0.4, 0.5) is 0 Å². The second kappa shape index (κ2) is 7.51. The van der Waals surface area contributed by atoms with Crippen LogP contribution in [0.25, 0.3) is 0 Å². The summed E-state index contributed by atoms with van der Waals surface area (Å²) in [5.41, 5.74) is 1.01. The molecule has 0 saturated heterocycles. The highest BCUT2D eigenvalue weighted by molar-refractivity contribution is 5.28. The zero-order valence-corrected chi connectivity index (χ0v) is 12.5. The van der Waals surface area contributed by atoms with Gasteiger partial charge in [0, 0.05) is 6.54 Å². The van der Waals surface area contributed by atoms with Gasteiger partial charge < -0.3 is 9.15 Å². The third-order valence-corrected chi connectivity index (χ3v) is 3.17. The van der Waals surface area contributed by atoms with Crippen LogP contribution in [-0.2, 0) is 13.0 Å². The van der Waals surface area contributed by atoms with Crippen molar-refractivity contribution in [2.24, 2.45) is 0 Å². The highest BCUT2D eigenvalue weighted by Gasteiger charge is 2.04. The summed E-state index contributed by atoms with van der Waals surface area (Å²) in [6.45, 7) is 4.16. The number of nitrogens with zero attached hydrogens (tertiary/aromatic N) is 2.